The van der Waals surface area contributed by atoms with Crippen LogP contribution in [-0.4, -0.2) is 48.1 Å². The average molecular weight is 237 g/mol. The molecule has 0 spiro atoms. The van der Waals surface area contributed by atoms with Gasteiger partial charge in [-0.1, -0.05) is 0 Å². The van der Waals surface area contributed by atoms with Gasteiger partial charge >= 0.3 is 6.03 Å². The smallest absolute Gasteiger partial charge is 0.316 e. The predicted octanol–water partition coefficient (Wildman–Crippen LogP) is 0.777. The lowest BCUT2D eigenvalue weighted by molar-refractivity contribution is 0.218. The molecule has 94 valence electrons. The third-order valence-corrected chi connectivity index (χ3v) is 2.31. The van der Waals surface area contributed by atoms with Gasteiger partial charge in [-0.2, -0.15) is 0 Å². The summed E-state index contributed by atoms with van der Waals surface area (Å²) in [6, 6.07) is -0.0991. The van der Waals surface area contributed by atoms with Crippen LogP contribution in [-0.2, 0) is 0 Å². The minimum absolute atomic E-state index is 0.0991. The fourth-order valence-corrected chi connectivity index (χ4v) is 1.15. The van der Waals surface area contributed by atoms with E-state index in [4.69, 9.17) is 0 Å². The number of aryl methyl sites for hydroxylation is 2. The molecule has 1 rings (SSSR count). The van der Waals surface area contributed by atoms with Crippen molar-refractivity contribution in [3.8, 4) is 0 Å². The summed E-state index contributed by atoms with van der Waals surface area (Å²) in [7, 11) is 3.41. The number of nitrogens with zero attached hydrogens (tertiary/aromatic N) is 3. The van der Waals surface area contributed by atoms with E-state index in [1.807, 2.05) is 13.8 Å². The van der Waals surface area contributed by atoms with E-state index in [2.05, 4.69) is 20.6 Å². The number of hydrogen-bond donors (Lipinski definition) is 2. The first kappa shape index (κ1) is 13.2. The number of carbonyl (C=O) groups is 1. The van der Waals surface area contributed by atoms with Crippen LogP contribution in [0.2, 0.25) is 0 Å². The molecule has 0 saturated heterocycles. The Bertz CT molecular complexity index is 391. The minimum atomic E-state index is -0.0991. The van der Waals surface area contributed by atoms with Crippen molar-refractivity contribution in [3.63, 3.8) is 0 Å². The van der Waals surface area contributed by atoms with E-state index in [1.165, 1.54) is 4.90 Å². The molecule has 0 aliphatic carbocycles. The van der Waals surface area contributed by atoms with Gasteiger partial charge in [-0.3, -0.25) is 4.98 Å². The van der Waals surface area contributed by atoms with Crippen LogP contribution in [0.15, 0.2) is 6.20 Å². The lowest BCUT2D eigenvalue weighted by Crippen LogP contribution is -2.37. The lowest BCUT2D eigenvalue weighted by Gasteiger charge is -2.12. The number of urea groups is 1. The third-order valence-electron chi connectivity index (χ3n) is 2.31. The summed E-state index contributed by atoms with van der Waals surface area (Å²) in [5, 5.41) is 5.85. The van der Waals surface area contributed by atoms with Crippen LogP contribution in [0, 0.1) is 13.8 Å². The number of nitrogens with one attached hydrogen (secondary N) is 2. The maximum Gasteiger partial charge on any atom is 0.316 e. The Morgan fingerprint density at radius 2 is 2.00 bits per heavy atom. The second kappa shape index (κ2) is 6.03. The highest BCUT2D eigenvalue weighted by molar-refractivity contribution is 5.73. The van der Waals surface area contributed by atoms with E-state index < -0.39 is 0 Å². The van der Waals surface area contributed by atoms with Gasteiger partial charge in [0.25, 0.3) is 0 Å². The molecule has 17 heavy (non-hydrogen) atoms. The largest absolute Gasteiger partial charge is 0.367 e. The molecule has 0 radical (unpaired) electrons. The van der Waals surface area contributed by atoms with Gasteiger partial charge in [-0.05, 0) is 13.8 Å². The van der Waals surface area contributed by atoms with Crippen LogP contribution in [0.5, 0.6) is 0 Å². The minimum Gasteiger partial charge on any atom is -0.367 e. The molecule has 1 aromatic rings. The quantitative estimate of drug-likeness (QED) is 0.759. The molecule has 1 heterocycles. The Hall–Kier alpha value is -1.85. The molecule has 0 atom stereocenters. The number of carbonyl (C=O) groups excluding carboxylic acids is 1. The molecule has 0 aliphatic rings. The SMILES string of the molecule is Cc1ncc(NCCNC(=O)N(C)C)nc1C. The second-order valence-corrected chi connectivity index (χ2v) is 3.98. The maximum atomic E-state index is 11.2. The van der Waals surface area contributed by atoms with E-state index in [-0.39, 0.29) is 6.03 Å². The Balaban J connectivity index is 2.31. The van der Waals surface area contributed by atoms with Gasteiger partial charge in [-0.15, -0.1) is 0 Å². The van der Waals surface area contributed by atoms with Gasteiger partial charge in [0.1, 0.15) is 5.82 Å². The van der Waals surface area contributed by atoms with E-state index in [0.717, 1.165) is 17.2 Å². The summed E-state index contributed by atoms with van der Waals surface area (Å²) in [5.41, 5.74) is 1.84. The summed E-state index contributed by atoms with van der Waals surface area (Å²) < 4.78 is 0. The molecule has 0 aromatic carbocycles. The van der Waals surface area contributed by atoms with Gasteiger partial charge in [0.2, 0.25) is 0 Å². The Labute approximate surface area is 101 Å². The van der Waals surface area contributed by atoms with Crippen molar-refractivity contribution in [2.45, 2.75) is 13.8 Å². The maximum absolute atomic E-state index is 11.2. The van der Waals surface area contributed by atoms with Gasteiger partial charge in [0, 0.05) is 27.2 Å². The molecule has 0 aliphatic heterocycles. The molecule has 0 bridgehead atoms. The zero-order chi connectivity index (χ0) is 12.8. The number of aromatic nitrogens is 2. The fourth-order valence-electron chi connectivity index (χ4n) is 1.15. The number of rotatable bonds is 4. The molecule has 0 unspecified atom stereocenters. The van der Waals surface area contributed by atoms with Gasteiger partial charge < -0.3 is 15.5 Å². The number of hydrogen-bond acceptors (Lipinski definition) is 4. The van der Waals surface area contributed by atoms with E-state index in [9.17, 15) is 4.79 Å². The van der Waals surface area contributed by atoms with Crippen molar-refractivity contribution in [2.24, 2.45) is 0 Å². The zero-order valence-corrected chi connectivity index (χ0v) is 10.7. The van der Waals surface area contributed by atoms with Crippen LogP contribution in [0.3, 0.4) is 0 Å². The molecule has 2 amide bonds. The number of anilines is 1. The monoisotopic (exact) mass is 237 g/mol. The Kier molecular flexibility index (Phi) is 4.68. The first-order chi connectivity index (χ1) is 8.00. The van der Waals surface area contributed by atoms with E-state index in [0.29, 0.717) is 13.1 Å². The molecule has 0 fully saturated rings. The summed E-state index contributed by atoms with van der Waals surface area (Å²) in [5.74, 6) is 0.729. The second-order valence-electron chi connectivity index (χ2n) is 3.98. The molecule has 1 aromatic heterocycles. The van der Waals surface area contributed by atoms with Crippen molar-refractivity contribution in [1.82, 2.24) is 20.2 Å². The molecule has 2 N–H and O–H groups in total. The summed E-state index contributed by atoms with van der Waals surface area (Å²) in [6.07, 6.45) is 1.69. The van der Waals surface area contributed by atoms with Crippen LogP contribution in [0.1, 0.15) is 11.4 Å². The van der Waals surface area contributed by atoms with Gasteiger partial charge in [-0.25, -0.2) is 9.78 Å². The topological polar surface area (TPSA) is 70.2 Å². The highest BCUT2D eigenvalue weighted by Crippen LogP contribution is 2.04. The zero-order valence-electron chi connectivity index (χ0n) is 10.7. The normalized spacial score (nSPS) is 9.88. The molecular weight excluding hydrogens is 218 g/mol. The summed E-state index contributed by atoms with van der Waals surface area (Å²) in [6.45, 7) is 5.01. The first-order valence-corrected chi connectivity index (χ1v) is 5.50. The van der Waals surface area contributed by atoms with Crippen molar-refractivity contribution in [2.75, 3.05) is 32.5 Å². The van der Waals surface area contributed by atoms with Crippen LogP contribution < -0.4 is 10.6 Å². The standard InChI is InChI=1S/C11H19N5O/c1-8-9(2)15-10(7-14-8)12-5-6-13-11(17)16(3)4/h7H,5-6H2,1-4H3,(H,12,15)(H,13,17). The van der Waals surface area contributed by atoms with Crippen molar-refractivity contribution in [1.29, 1.82) is 0 Å². The molecule has 0 saturated carbocycles. The Morgan fingerprint density at radius 3 is 2.59 bits per heavy atom. The van der Waals surface area contributed by atoms with Crippen molar-refractivity contribution >= 4 is 11.8 Å². The Morgan fingerprint density at radius 1 is 1.29 bits per heavy atom. The third kappa shape index (κ3) is 4.26. The van der Waals surface area contributed by atoms with Crippen LogP contribution >= 0.6 is 0 Å². The predicted molar refractivity (Wildman–Crippen MR) is 67.1 cm³/mol. The van der Waals surface area contributed by atoms with Gasteiger partial charge in [0.15, 0.2) is 0 Å². The average Bonchev–Trinajstić information content (AvgIpc) is 2.28. The highest BCUT2D eigenvalue weighted by Gasteiger charge is 2.01. The highest BCUT2D eigenvalue weighted by atomic mass is 16.2. The van der Waals surface area contributed by atoms with Crippen LogP contribution in [0.25, 0.3) is 0 Å². The van der Waals surface area contributed by atoms with Crippen LogP contribution in [0.4, 0.5) is 10.6 Å². The summed E-state index contributed by atoms with van der Waals surface area (Å²) >= 11 is 0. The molecule has 6 nitrogen and oxygen atoms in total. The van der Waals surface area contributed by atoms with E-state index in [1.54, 1.807) is 20.3 Å². The van der Waals surface area contributed by atoms with Crippen molar-refractivity contribution in [3.05, 3.63) is 17.6 Å². The molecule has 6 heteroatoms. The summed E-state index contributed by atoms with van der Waals surface area (Å²) in [4.78, 5) is 21.2. The fraction of sp³-hybridized carbons (Fsp3) is 0.545. The lowest BCUT2D eigenvalue weighted by atomic mass is 10.3. The number of amides is 2. The first-order valence-electron chi connectivity index (χ1n) is 5.50. The van der Waals surface area contributed by atoms with Crippen molar-refractivity contribution < 1.29 is 4.79 Å². The van der Waals surface area contributed by atoms with Gasteiger partial charge in [0.05, 0.1) is 17.6 Å². The molecular formula is C11H19N5O. The van der Waals surface area contributed by atoms with E-state index >= 15 is 0 Å².